The lowest BCUT2D eigenvalue weighted by molar-refractivity contribution is 0.339. The summed E-state index contributed by atoms with van der Waals surface area (Å²) in [7, 11) is 0. The summed E-state index contributed by atoms with van der Waals surface area (Å²) in [5.41, 5.74) is 7.63. The van der Waals surface area contributed by atoms with Gasteiger partial charge in [0.25, 0.3) is 0 Å². The van der Waals surface area contributed by atoms with Gasteiger partial charge in [-0.3, -0.25) is 0 Å². The van der Waals surface area contributed by atoms with Gasteiger partial charge in [0, 0.05) is 10.5 Å². The van der Waals surface area contributed by atoms with Crippen LogP contribution in [0.15, 0.2) is 22.7 Å². The standard InChI is InChI=1S/C16H26BrNO/c1-4-7-8-12(5-2)16(18)14-10-9-13(19-6-3)11-15(14)17/h9-12,16H,4-8,18H2,1-3H3. The van der Waals surface area contributed by atoms with Crippen molar-refractivity contribution in [1.82, 2.24) is 0 Å². The average molecular weight is 328 g/mol. The van der Waals surface area contributed by atoms with Crippen LogP contribution in [0.1, 0.15) is 58.1 Å². The summed E-state index contributed by atoms with van der Waals surface area (Å²) in [6, 6.07) is 6.22. The molecule has 0 aliphatic heterocycles. The van der Waals surface area contributed by atoms with Gasteiger partial charge in [-0.05, 0) is 37.0 Å². The molecule has 0 saturated heterocycles. The minimum Gasteiger partial charge on any atom is -0.494 e. The first-order valence-electron chi connectivity index (χ1n) is 7.31. The first-order chi connectivity index (χ1) is 9.13. The fraction of sp³-hybridized carbons (Fsp3) is 0.625. The third-order valence-electron chi connectivity index (χ3n) is 3.60. The number of halogens is 1. The van der Waals surface area contributed by atoms with E-state index < -0.39 is 0 Å². The van der Waals surface area contributed by atoms with Crippen LogP contribution in [-0.4, -0.2) is 6.61 Å². The first kappa shape index (κ1) is 16.5. The molecule has 0 aliphatic carbocycles. The summed E-state index contributed by atoms with van der Waals surface area (Å²) in [6.45, 7) is 7.13. The third kappa shape index (κ3) is 4.81. The quantitative estimate of drug-likeness (QED) is 0.723. The van der Waals surface area contributed by atoms with Crippen molar-refractivity contribution >= 4 is 15.9 Å². The summed E-state index contributed by atoms with van der Waals surface area (Å²) in [6.07, 6.45) is 4.81. The molecule has 0 saturated carbocycles. The molecule has 0 amide bonds. The van der Waals surface area contributed by atoms with E-state index >= 15 is 0 Å². The molecular formula is C16H26BrNO. The van der Waals surface area contributed by atoms with Gasteiger partial charge in [-0.15, -0.1) is 0 Å². The van der Waals surface area contributed by atoms with Gasteiger partial charge in [-0.2, -0.15) is 0 Å². The molecular weight excluding hydrogens is 302 g/mol. The molecule has 3 heteroatoms. The Morgan fingerprint density at radius 1 is 1.26 bits per heavy atom. The van der Waals surface area contributed by atoms with Crippen LogP contribution in [0, 0.1) is 5.92 Å². The van der Waals surface area contributed by atoms with Crippen molar-refractivity contribution in [2.75, 3.05) is 6.61 Å². The van der Waals surface area contributed by atoms with Gasteiger partial charge >= 0.3 is 0 Å². The number of hydrogen-bond donors (Lipinski definition) is 1. The highest BCUT2D eigenvalue weighted by Gasteiger charge is 2.19. The summed E-state index contributed by atoms with van der Waals surface area (Å²) < 4.78 is 6.56. The molecule has 19 heavy (non-hydrogen) atoms. The molecule has 1 rings (SSSR count). The Kier molecular flexibility index (Phi) is 7.47. The molecule has 2 nitrogen and oxygen atoms in total. The normalized spacial score (nSPS) is 14.2. The van der Waals surface area contributed by atoms with E-state index in [0.717, 1.165) is 16.6 Å². The van der Waals surface area contributed by atoms with Crippen LogP contribution in [0.5, 0.6) is 5.75 Å². The number of ether oxygens (including phenoxy) is 1. The fourth-order valence-corrected chi connectivity index (χ4v) is 3.01. The van der Waals surface area contributed by atoms with Crippen molar-refractivity contribution in [2.45, 2.75) is 52.5 Å². The zero-order chi connectivity index (χ0) is 14.3. The predicted molar refractivity (Wildman–Crippen MR) is 85.5 cm³/mol. The van der Waals surface area contributed by atoms with Gasteiger partial charge in [0.2, 0.25) is 0 Å². The Bertz CT molecular complexity index is 381. The Labute approximate surface area is 125 Å². The van der Waals surface area contributed by atoms with Crippen molar-refractivity contribution in [2.24, 2.45) is 11.7 Å². The van der Waals surface area contributed by atoms with E-state index in [4.69, 9.17) is 10.5 Å². The number of nitrogens with two attached hydrogens (primary N) is 1. The lowest BCUT2D eigenvalue weighted by Gasteiger charge is -2.24. The largest absolute Gasteiger partial charge is 0.494 e. The highest BCUT2D eigenvalue weighted by molar-refractivity contribution is 9.10. The molecule has 0 aromatic heterocycles. The summed E-state index contributed by atoms with van der Waals surface area (Å²) in [5.74, 6) is 1.45. The van der Waals surface area contributed by atoms with E-state index in [2.05, 4.69) is 35.8 Å². The van der Waals surface area contributed by atoms with Gasteiger partial charge in [0.05, 0.1) is 6.61 Å². The van der Waals surface area contributed by atoms with Gasteiger partial charge < -0.3 is 10.5 Å². The topological polar surface area (TPSA) is 35.2 Å². The predicted octanol–water partition coefficient (Wildman–Crippen LogP) is 5.06. The van der Waals surface area contributed by atoms with Gasteiger partial charge in [-0.25, -0.2) is 0 Å². The second-order valence-corrected chi connectivity index (χ2v) is 5.81. The highest BCUT2D eigenvalue weighted by Crippen LogP contribution is 2.33. The summed E-state index contributed by atoms with van der Waals surface area (Å²) in [4.78, 5) is 0. The minimum absolute atomic E-state index is 0.0987. The van der Waals surface area contributed by atoms with Gasteiger partial charge in [-0.1, -0.05) is 55.1 Å². The molecule has 2 atom stereocenters. The monoisotopic (exact) mass is 327 g/mol. The molecule has 2 unspecified atom stereocenters. The molecule has 1 aromatic carbocycles. The van der Waals surface area contributed by atoms with E-state index in [-0.39, 0.29) is 6.04 Å². The number of rotatable bonds is 8. The smallest absolute Gasteiger partial charge is 0.120 e. The van der Waals surface area contributed by atoms with E-state index in [1.54, 1.807) is 0 Å². The first-order valence-corrected chi connectivity index (χ1v) is 8.11. The van der Waals surface area contributed by atoms with Crippen molar-refractivity contribution in [3.05, 3.63) is 28.2 Å². The number of hydrogen-bond acceptors (Lipinski definition) is 2. The molecule has 0 spiro atoms. The minimum atomic E-state index is 0.0987. The van der Waals surface area contributed by atoms with Crippen LogP contribution in [0.3, 0.4) is 0 Å². The van der Waals surface area contributed by atoms with Crippen LogP contribution in [0.2, 0.25) is 0 Å². The second-order valence-electron chi connectivity index (χ2n) is 4.95. The van der Waals surface area contributed by atoms with Gasteiger partial charge in [0.15, 0.2) is 0 Å². The molecule has 108 valence electrons. The van der Waals surface area contributed by atoms with Crippen LogP contribution < -0.4 is 10.5 Å². The Hall–Kier alpha value is -0.540. The molecule has 0 radical (unpaired) electrons. The molecule has 1 aromatic rings. The highest BCUT2D eigenvalue weighted by atomic mass is 79.9. The maximum absolute atomic E-state index is 6.44. The SMILES string of the molecule is CCCCC(CC)C(N)c1ccc(OCC)cc1Br. The lowest BCUT2D eigenvalue weighted by Crippen LogP contribution is -2.21. The van der Waals surface area contributed by atoms with Crippen molar-refractivity contribution in [3.8, 4) is 5.75 Å². The van der Waals surface area contributed by atoms with Crippen LogP contribution in [-0.2, 0) is 0 Å². The molecule has 0 fully saturated rings. The van der Waals surface area contributed by atoms with E-state index in [0.29, 0.717) is 12.5 Å². The maximum Gasteiger partial charge on any atom is 0.120 e. The third-order valence-corrected chi connectivity index (χ3v) is 4.29. The molecule has 0 bridgehead atoms. The van der Waals surface area contributed by atoms with Crippen molar-refractivity contribution in [1.29, 1.82) is 0 Å². The van der Waals surface area contributed by atoms with Gasteiger partial charge in [0.1, 0.15) is 5.75 Å². The van der Waals surface area contributed by atoms with E-state index in [1.165, 1.54) is 24.8 Å². The van der Waals surface area contributed by atoms with Crippen LogP contribution in [0.25, 0.3) is 0 Å². The summed E-state index contributed by atoms with van der Waals surface area (Å²) in [5, 5.41) is 0. The summed E-state index contributed by atoms with van der Waals surface area (Å²) >= 11 is 3.62. The molecule has 0 aliphatic rings. The van der Waals surface area contributed by atoms with Crippen molar-refractivity contribution < 1.29 is 4.74 Å². The van der Waals surface area contributed by atoms with Crippen LogP contribution in [0.4, 0.5) is 0 Å². The zero-order valence-corrected chi connectivity index (χ0v) is 13.9. The number of unbranched alkanes of at least 4 members (excludes halogenated alkanes) is 1. The molecule has 0 heterocycles. The number of benzene rings is 1. The Morgan fingerprint density at radius 3 is 2.53 bits per heavy atom. The van der Waals surface area contributed by atoms with E-state index in [1.807, 2.05) is 19.1 Å². The second kappa shape index (κ2) is 8.60. The Morgan fingerprint density at radius 2 is 2.00 bits per heavy atom. The zero-order valence-electron chi connectivity index (χ0n) is 12.3. The average Bonchev–Trinajstić information content (AvgIpc) is 2.40. The van der Waals surface area contributed by atoms with E-state index in [9.17, 15) is 0 Å². The Balaban J connectivity index is 2.82. The van der Waals surface area contributed by atoms with Crippen molar-refractivity contribution in [3.63, 3.8) is 0 Å². The fourth-order valence-electron chi connectivity index (χ4n) is 2.39. The van der Waals surface area contributed by atoms with Crippen LogP contribution >= 0.6 is 15.9 Å². The maximum atomic E-state index is 6.44. The molecule has 2 N–H and O–H groups in total. The lowest BCUT2D eigenvalue weighted by atomic mass is 9.87.